The number of ether oxygens (including phenoxy) is 1. The molecule has 3 rings (SSSR count). The van der Waals surface area contributed by atoms with Gasteiger partial charge in [0.05, 0.1) is 12.7 Å². The first-order chi connectivity index (χ1) is 12.8. The quantitative estimate of drug-likeness (QED) is 0.644. The second-order valence-electron chi connectivity index (χ2n) is 6.54. The van der Waals surface area contributed by atoms with E-state index in [1.54, 1.807) is 24.5 Å². The van der Waals surface area contributed by atoms with E-state index in [2.05, 4.69) is 5.32 Å². The van der Waals surface area contributed by atoms with Crippen LogP contribution in [0.4, 0.5) is 5.69 Å². The number of fused-ring (bicyclic) bond motifs is 1. The van der Waals surface area contributed by atoms with Crippen LogP contribution < -0.4 is 5.32 Å². The number of esters is 1. The van der Waals surface area contributed by atoms with Crippen molar-refractivity contribution in [2.45, 2.75) is 27.2 Å². The molecule has 0 saturated carbocycles. The molecule has 1 aromatic heterocycles. The number of anilines is 1. The SMILES string of the molecule is Cc1cc2occ(CC(=O)OCC(=O)Nc3ccc(C)c(Cl)c3)c2cc1C. The number of aryl methyl sites for hydroxylation is 3. The number of furan rings is 1. The van der Waals surface area contributed by atoms with Gasteiger partial charge in [-0.25, -0.2) is 0 Å². The summed E-state index contributed by atoms with van der Waals surface area (Å²) in [5.41, 5.74) is 5.18. The maximum Gasteiger partial charge on any atom is 0.310 e. The van der Waals surface area contributed by atoms with Gasteiger partial charge in [0.25, 0.3) is 5.91 Å². The van der Waals surface area contributed by atoms with E-state index < -0.39 is 11.9 Å². The van der Waals surface area contributed by atoms with Crippen molar-refractivity contribution in [3.8, 4) is 0 Å². The van der Waals surface area contributed by atoms with Gasteiger partial charge in [-0.3, -0.25) is 9.59 Å². The summed E-state index contributed by atoms with van der Waals surface area (Å²) in [5, 5.41) is 4.09. The average Bonchev–Trinajstić information content (AvgIpc) is 2.98. The molecule has 27 heavy (non-hydrogen) atoms. The molecule has 0 aliphatic rings. The number of benzene rings is 2. The molecular formula is C21H20ClNO4. The third kappa shape index (κ3) is 4.49. The minimum atomic E-state index is -0.493. The van der Waals surface area contributed by atoms with Crippen molar-refractivity contribution in [2.24, 2.45) is 0 Å². The Bertz CT molecular complexity index is 1020. The number of amides is 1. The lowest BCUT2D eigenvalue weighted by Crippen LogP contribution is -2.21. The van der Waals surface area contributed by atoms with Crippen LogP contribution in [0, 0.1) is 20.8 Å². The molecule has 3 aromatic rings. The number of carbonyl (C=O) groups is 2. The van der Waals surface area contributed by atoms with Crippen molar-refractivity contribution in [3.05, 3.63) is 63.9 Å². The zero-order valence-electron chi connectivity index (χ0n) is 15.4. The molecule has 2 aromatic carbocycles. The molecule has 5 nitrogen and oxygen atoms in total. The Labute approximate surface area is 162 Å². The number of halogens is 1. The molecule has 0 radical (unpaired) electrons. The molecule has 1 N–H and O–H groups in total. The third-order valence-corrected chi connectivity index (χ3v) is 4.83. The predicted octanol–water partition coefficient (Wildman–Crippen LogP) is 4.74. The zero-order chi connectivity index (χ0) is 19.6. The van der Waals surface area contributed by atoms with Gasteiger partial charge in [0.1, 0.15) is 5.58 Å². The van der Waals surface area contributed by atoms with Gasteiger partial charge in [-0.05, 0) is 61.7 Å². The smallest absolute Gasteiger partial charge is 0.310 e. The van der Waals surface area contributed by atoms with E-state index >= 15 is 0 Å². The molecule has 1 amide bonds. The van der Waals surface area contributed by atoms with Crippen LogP contribution in [-0.2, 0) is 20.7 Å². The van der Waals surface area contributed by atoms with E-state index in [1.807, 2.05) is 32.9 Å². The summed E-state index contributed by atoms with van der Waals surface area (Å²) in [5.74, 6) is -0.917. The largest absolute Gasteiger partial charge is 0.464 e. The summed E-state index contributed by atoms with van der Waals surface area (Å²) >= 11 is 6.03. The minimum Gasteiger partial charge on any atom is -0.464 e. The molecule has 0 fully saturated rings. The van der Waals surface area contributed by atoms with Gasteiger partial charge in [0, 0.05) is 21.7 Å². The molecule has 0 atom stereocenters. The fourth-order valence-electron chi connectivity index (χ4n) is 2.69. The topological polar surface area (TPSA) is 68.5 Å². The Morgan fingerprint density at radius 3 is 2.56 bits per heavy atom. The first-order valence-corrected chi connectivity index (χ1v) is 8.90. The third-order valence-electron chi connectivity index (χ3n) is 4.42. The normalized spacial score (nSPS) is 10.8. The predicted molar refractivity (Wildman–Crippen MR) is 105 cm³/mol. The fraction of sp³-hybridized carbons (Fsp3) is 0.238. The van der Waals surface area contributed by atoms with E-state index in [4.69, 9.17) is 20.8 Å². The van der Waals surface area contributed by atoms with Crippen LogP contribution in [0.25, 0.3) is 11.0 Å². The van der Waals surface area contributed by atoms with E-state index in [-0.39, 0.29) is 13.0 Å². The van der Waals surface area contributed by atoms with Gasteiger partial charge in [-0.2, -0.15) is 0 Å². The Morgan fingerprint density at radius 2 is 1.81 bits per heavy atom. The van der Waals surface area contributed by atoms with Crippen molar-refractivity contribution in [1.82, 2.24) is 0 Å². The highest BCUT2D eigenvalue weighted by molar-refractivity contribution is 6.31. The van der Waals surface area contributed by atoms with Crippen molar-refractivity contribution < 1.29 is 18.7 Å². The lowest BCUT2D eigenvalue weighted by Gasteiger charge is -2.08. The molecule has 0 saturated heterocycles. The first kappa shape index (κ1) is 19.0. The van der Waals surface area contributed by atoms with E-state index in [1.165, 1.54) is 0 Å². The van der Waals surface area contributed by atoms with Crippen LogP contribution in [0.15, 0.2) is 41.0 Å². The van der Waals surface area contributed by atoms with Gasteiger partial charge < -0.3 is 14.5 Å². The van der Waals surface area contributed by atoms with E-state index in [0.29, 0.717) is 10.7 Å². The molecule has 0 aliphatic heterocycles. The van der Waals surface area contributed by atoms with Crippen LogP contribution in [0.2, 0.25) is 5.02 Å². The van der Waals surface area contributed by atoms with E-state index in [9.17, 15) is 9.59 Å². The lowest BCUT2D eigenvalue weighted by molar-refractivity contribution is -0.146. The summed E-state index contributed by atoms with van der Waals surface area (Å²) in [6.07, 6.45) is 1.60. The van der Waals surface area contributed by atoms with Gasteiger partial charge in [0.2, 0.25) is 0 Å². The maximum absolute atomic E-state index is 12.1. The molecule has 140 valence electrons. The van der Waals surface area contributed by atoms with Crippen LogP contribution in [0.1, 0.15) is 22.3 Å². The number of hydrogen-bond donors (Lipinski definition) is 1. The standard InChI is InChI=1S/C21H20ClNO4/c1-12-4-5-16(9-18(12)22)23-20(24)11-27-21(25)8-15-10-26-19-7-14(3)13(2)6-17(15)19/h4-7,9-10H,8,11H2,1-3H3,(H,23,24). The Kier molecular flexibility index (Phi) is 5.51. The molecule has 0 spiro atoms. The molecule has 0 aliphatic carbocycles. The van der Waals surface area contributed by atoms with E-state index in [0.717, 1.165) is 33.2 Å². The Hall–Kier alpha value is -2.79. The summed E-state index contributed by atoms with van der Waals surface area (Å²) in [6.45, 7) is 5.52. The summed E-state index contributed by atoms with van der Waals surface area (Å²) in [6, 6.07) is 9.13. The highest BCUT2D eigenvalue weighted by Gasteiger charge is 2.14. The van der Waals surface area contributed by atoms with Crippen molar-refractivity contribution in [2.75, 3.05) is 11.9 Å². The van der Waals surface area contributed by atoms with Crippen LogP contribution >= 0.6 is 11.6 Å². The second-order valence-corrected chi connectivity index (χ2v) is 6.95. The molecular weight excluding hydrogens is 366 g/mol. The van der Waals surface area contributed by atoms with Crippen LogP contribution in [0.5, 0.6) is 0 Å². The number of rotatable bonds is 5. The molecule has 0 unspecified atom stereocenters. The maximum atomic E-state index is 12.1. The second kappa shape index (κ2) is 7.84. The lowest BCUT2D eigenvalue weighted by atomic mass is 10.0. The molecule has 0 bridgehead atoms. The van der Waals surface area contributed by atoms with Crippen molar-refractivity contribution in [3.63, 3.8) is 0 Å². The summed E-state index contributed by atoms with van der Waals surface area (Å²) < 4.78 is 10.6. The zero-order valence-corrected chi connectivity index (χ0v) is 16.1. The van der Waals surface area contributed by atoms with Crippen LogP contribution in [-0.4, -0.2) is 18.5 Å². The minimum absolute atomic E-state index is 0.0408. The fourth-order valence-corrected chi connectivity index (χ4v) is 2.87. The van der Waals surface area contributed by atoms with Crippen molar-refractivity contribution in [1.29, 1.82) is 0 Å². The Morgan fingerprint density at radius 1 is 1.07 bits per heavy atom. The number of nitrogens with one attached hydrogen (secondary N) is 1. The monoisotopic (exact) mass is 385 g/mol. The van der Waals surface area contributed by atoms with Gasteiger partial charge >= 0.3 is 5.97 Å². The van der Waals surface area contributed by atoms with Crippen LogP contribution in [0.3, 0.4) is 0 Å². The molecule has 1 heterocycles. The number of carbonyl (C=O) groups excluding carboxylic acids is 2. The molecule has 6 heteroatoms. The van der Waals surface area contributed by atoms with Gasteiger partial charge in [-0.1, -0.05) is 17.7 Å². The average molecular weight is 386 g/mol. The summed E-state index contributed by atoms with van der Waals surface area (Å²) in [7, 11) is 0. The van der Waals surface area contributed by atoms with Crippen molar-refractivity contribution >= 4 is 40.1 Å². The number of hydrogen-bond acceptors (Lipinski definition) is 4. The summed E-state index contributed by atoms with van der Waals surface area (Å²) in [4.78, 5) is 24.1. The Balaban J connectivity index is 1.57. The highest BCUT2D eigenvalue weighted by Crippen LogP contribution is 2.25. The highest BCUT2D eigenvalue weighted by atomic mass is 35.5. The first-order valence-electron chi connectivity index (χ1n) is 8.52. The van der Waals surface area contributed by atoms with Gasteiger partial charge in [0.15, 0.2) is 6.61 Å². The van der Waals surface area contributed by atoms with Gasteiger partial charge in [-0.15, -0.1) is 0 Å².